The van der Waals surface area contributed by atoms with Crippen LogP contribution < -0.4 is 10.5 Å². The summed E-state index contributed by atoms with van der Waals surface area (Å²) in [4.78, 5) is 16.2. The zero-order valence-corrected chi connectivity index (χ0v) is 20.1. The van der Waals surface area contributed by atoms with Gasteiger partial charge in [-0.2, -0.15) is 0 Å². The van der Waals surface area contributed by atoms with Crippen molar-refractivity contribution in [3.8, 4) is 10.4 Å². The predicted octanol–water partition coefficient (Wildman–Crippen LogP) is 4.47. The first-order valence-corrected chi connectivity index (χ1v) is 12.6. The number of carbonyl (C=O) groups excluding carboxylic acids is 1. The Labute approximate surface area is 191 Å². The van der Waals surface area contributed by atoms with Crippen LogP contribution >= 0.6 is 11.3 Å². The van der Waals surface area contributed by atoms with Gasteiger partial charge in [0, 0.05) is 24.2 Å². The van der Waals surface area contributed by atoms with E-state index in [0.717, 1.165) is 20.9 Å². The fraction of sp³-hybridized carbons (Fsp3) is 0.545. The summed E-state index contributed by atoms with van der Waals surface area (Å²) >= 11 is 1.72. The lowest BCUT2D eigenvalue weighted by molar-refractivity contribution is 0.125. The highest BCUT2D eigenvalue weighted by molar-refractivity contribution is 7.83. The van der Waals surface area contributed by atoms with Gasteiger partial charge in [0.2, 0.25) is 0 Å². The van der Waals surface area contributed by atoms with Gasteiger partial charge in [0.1, 0.15) is 11.0 Å². The number of ether oxygens (including phenoxy) is 1. The third kappa shape index (κ3) is 7.99. The minimum atomic E-state index is -1.29. The smallest absolute Gasteiger partial charge is 0.404 e. The van der Waals surface area contributed by atoms with Gasteiger partial charge in [0.25, 0.3) is 0 Å². The highest BCUT2D eigenvalue weighted by Crippen LogP contribution is 2.38. The van der Waals surface area contributed by atoms with Crippen LogP contribution in [0.15, 0.2) is 29.3 Å². The molecule has 0 spiro atoms. The van der Waals surface area contributed by atoms with Gasteiger partial charge in [-0.25, -0.2) is 18.7 Å². The van der Waals surface area contributed by atoms with Crippen molar-refractivity contribution in [1.29, 1.82) is 0 Å². The molecule has 1 aliphatic carbocycles. The van der Waals surface area contributed by atoms with Gasteiger partial charge in [-0.15, -0.1) is 11.3 Å². The number of aromatic nitrogens is 1. The molecule has 1 fully saturated rings. The van der Waals surface area contributed by atoms with E-state index >= 15 is 0 Å². The van der Waals surface area contributed by atoms with E-state index in [-0.39, 0.29) is 12.7 Å². The van der Waals surface area contributed by atoms with E-state index in [0.29, 0.717) is 12.5 Å². The fourth-order valence-electron chi connectivity index (χ4n) is 3.41. The summed E-state index contributed by atoms with van der Waals surface area (Å²) in [7, 11) is -1.29. The van der Waals surface area contributed by atoms with Crippen LogP contribution in [0.3, 0.4) is 0 Å². The third-order valence-corrected chi connectivity index (χ3v) is 7.28. The second-order valence-corrected chi connectivity index (χ2v) is 9.97. The maximum absolute atomic E-state index is 12.5. The molecule has 1 heterocycles. The van der Waals surface area contributed by atoms with Crippen molar-refractivity contribution < 1.29 is 18.8 Å². The Morgan fingerprint density at radius 2 is 2.06 bits per heavy atom. The van der Waals surface area contributed by atoms with Gasteiger partial charge >= 0.3 is 6.09 Å². The van der Waals surface area contributed by atoms with E-state index in [1.165, 1.54) is 37.1 Å². The Hall–Kier alpha value is -1.81. The molecule has 1 saturated carbocycles. The molecule has 9 heteroatoms. The second kappa shape index (κ2) is 12.9. The highest BCUT2D eigenvalue weighted by atomic mass is 32.2. The molecule has 0 radical (unpaired) electrons. The molecule has 172 valence electrons. The van der Waals surface area contributed by atoms with Crippen molar-refractivity contribution in [2.45, 2.75) is 76.4 Å². The number of benzene rings is 1. The number of rotatable bonds is 7. The molecule has 7 nitrogen and oxygen atoms in total. The molecule has 4 N–H and O–H groups in total. The van der Waals surface area contributed by atoms with E-state index in [1.807, 2.05) is 31.3 Å². The molecule has 0 bridgehead atoms. The lowest BCUT2D eigenvalue weighted by Crippen LogP contribution is -2.17. The van der Waals surface area contributed by atoms with E-state index in [9.17, 15) is 14.1 Å². The molecule has 1 aromatic carbocycles. The summed E-state index contributed by atoms with van der Waals surface area (Å²) in [6.07, 6.45) is 7.48. The van der Waals surface area contributed by atoms with E-state index in [1.54, 1.807) is 25.2 Å². The molecular weight excluding hydrogens is 434 g/mol. The summed E-state index contributed by atoms with van der Waals surface area (Å²) in [5.41, 5.74) is 6.36. The number of nitrogens with one attached hydrogen (secondary N) is 1. The van der Waals surface area contributed by atoms with Crippen LogP contribution in [0, 0.1) is 0 Å². The van der Waals surface area contributed by atoms with Crippen molar-refractivity contribution in [3.63, 3.8) is 0 Å². The Morgan fingerprint density at radius 3 is 2.61 bits per heavy atom. The van der Waals surface area contributed by atoms with Crippen LogP contribution in [0.25, 0.3) is 10.4 Å². The molecule has 1 amide bonds. The van der Waals surface area contributed by atoms with Crippen LogP contribution in [0.4, 0.5) is 4.79 Å². The first kappa shape index (κ1) is 25.5. The SMILES string of the molecule is CC(C)OC(N)=O.CCNS(=O)c1cc(CO)ccc1-c1cnc(C2CCCCC2)s1. The monoisotopic (exact) mass is 467 g/mol. The number of thiazole rings is 1. The summed E-state index contributed by atoms with van der Waals surface area (Å²) in [6.45, 7) is 5.99. The maximum atomic E-state index is 12.5. The van der Waals surface area contributed by atoms with Crippen molar-refractivity contribution in [1.82, 2.24) is 9.71 Å². The van der Waals surface area contributed by atoms with Gasteiger partial charge in [-0.1, -0.05) is 38.3 Å². The highest BCUT2D eigenvalue weighted by Gasteiger charge is 2.20. The summed E-state index contributed by atoms with van der Waals surface area (Å²) < 4.78 is 19.9. The van der Waals surface area contributed by atoms with E-state index in [2.05, 4.69) is 20.2 Å². The average Bonchev–Trinajstić information content (AvgIpc) is 3.23. The van der Waals surface area contributed by atoms with Gasteiger partial charge in [0.15, 0.2) is 0 Å². The number of carbonyl (C=O) groups is 1. The number of aliphatic hydroxyl groups excluding tert-OH is 1. The molecule has 2 aromatic rings. The van der Waals surface area contributed by atoms with Gasteiger partial charge in [0.05, 0.1) is 27.5 Å². The number of nitrogens with two attached hydrogens (primary N) is 1. The van der Waals surface area contributed by atoms with E-state index < -0.39 is 17.1 Å². The fourth-order valence-corrected chi connectivity index (χ4v) is 5.66. The number of primary amides is 1. The summed E-state index contributed by atoms with van der Waals surface area (Å²) in [5, 5.41) is 10.6. The quantitative estimate of drug-likeness (QED) is 0.556. The van der Waals surface area contributed by atoms with Crippen LogP contribution in [0.1, 0.15) is 69.4 Å². The molecule has 1 aromatic heterocycles. The maximum Gasteiger partial charge on any atom is 0.404 e. The zero-order chi connectivity index (χ0) is 22.8. The first-order valence-electron chi connectivity index (χ1n) is 10.7. The molecule has 0 saturated heterocycles. The summed E-state index contributed by atoms with van der Waals surface area (Å²) in [5.74, 6) is 0.580. The largest absolute Gasteiger partial charge is 0.447 e. The van der Waals surface area contributed by atoms with Crippen molar-refractivity contribution in [2.75, 3.05) is 6.54 Å². The third-order valence-electron chi connectivity index (χ3n) is 4.80. The zero-order valence-electron chi connectivity index (χ0n) is 18.4. The number of nitrogens with zero attached hydrogens (tertiary/aromatic N) is 1. The second-order valence-electron chi connectivity index (χ2n) is 7.64. The van der Waals surface area contributed by atoms with E-state index in [4.69, 9.17) is 0 Å². The molecule has 0 aliphatic heterocycles. The Bertz CT molecular complexity index is 864. The molecule has 1 atom stereocenters. The number of hydrogen-bond acceptors (Lipinski definition) is 6. The van der Waals surface area contributed by atoms with Crippen molar-refractivity contribution in [2.24, 2.45) is 5.73 Å². The number of amides is 1. The van der Waals surface area contributed by atoms with Crippen molar-refractivity contribution in [3.05, 3.63) is 35.0 Å². The van der Waals surface area contributed by atoms with Crippen molar-refractivity contribution >= 4 is 28.4 Å². The number of aliphatic hydroxyl groups is 1. The number of hydrogen-bond donors (Lipinski definition) is 3. The lowest BCUT2D eigenvalue weighted by Gasteiger charge is -2.18. The van der Waals surface area contributed by atoms with Gasteiger partial charge in [-0.05, 0) is 38.3 Å². The van der Waals surface area contributed by atoms with Crippen LogP contribution in [0.2, 0.25) is 0 Å². The predicted molar refractivity (Wildman–Crippen MR) is 125 cm³/mol. The lowest BCUT2D eigenvalue weighted by atomic mass is 9.90. The minimum absolute atomic E-state index is 0.0490. The standard InChI is InChI=1S/C18H24N2O2S2.C4H9NO2/c1-2-20-24(22)17-10-13(12-21)8-9-15(17)16-11-19-18(23-16)14-6-4-3-5-7-14;1-3(2)7-4(5)6/h8-11,14,20-21H,2-7,12H2,1H3;3H,1-2H3,(H2,5,6). The molecule has 1 aliphatic rings. The van der Waals surface area contributed by atoms with Crippen LogP contribution in [0.5, 0.6) is 0 Å². The van der Waals surface area contributed by atoms with Crippen LogP contribution in [-0.2, 0) is 22.3 Å². The minimum Gasteiger partial charge on any atom is -0.447 e. The summed E-state index contributed by atoms with van der Waals surface area (Å²) in [6, 6.07) is 5.67. The average molecular weight is 468 g/mol. The topological polar surface area (TPSA) is 115 Å². The molecule has 3 rings (SSSR count). The first-order chi connectivity index (χ1) is 14.8. The molecule has 31 heavy (non-hydrogen) atoms. The Balaban J connectivity index is 0.000000423. The normalized spacial score (nSPS) is 15.3. The Morgan fingerprint density at radius 1 is 1.35 bits per heavy atom. The van der Waals surface area contributed by atoms with Crippen LogP contribution in [-0.4, -0.2) is 33.0 Å². The Kier molecular flexibility index (Phi) is 10.6. The van der Waals surface area contributed by atoms with Gasteiger partial charge < -0.3 is 15.6 Å². The molecule has 1 unspecified atom stereocenters. The van der Waals surface area contributed by atoms with Gasteiger partial charge in [-0.3, -0.25) is 0 Å². The molecular formula is C22H33N3O4S2.